The zero-order valence-corrected chi connectivity index (χ0v) is 28.9. The number of halogens is 1. The van der Waals surface area contributed by atoms with E-state index in [0.29, 0.717) is 12.8 Å². The summed E-state index contributed by atoms with van der Waals surface area (Å²) in [6, 6.07) is 0. The Hall–Kier alpha value is 0.840. The maximum Gasteiger partial charge on any atom is 1.00 e. The van der Waals surface area contributed by atoms with Gasteiger partial charge >= 0.3 is 29.6 Å². The fourth-order valence-corrected chi connectivity index (χ4v) is 5.97. The van der Waals surface area contributed by atoms with Crippen LogP contribution in [0.3, 0.4) is 0 Å². The molecule has 3 nitrogen and oxygen atoms in total. The van der Waals surface area contributed by atoms with Crippen molar-refractivity contribution in [2.75, 3.05) is 6.61 Å². The van der Waals surface area contributed by atoms with Crippen LogP contribution in [0.5, 0.6) is 0 Å². The number of unbranched alkanes of at least 4 members (excludes halogenated alkanes) is 25. The first-order chi connectivity index (χ1) is 18.0. The summed E-state index contributed by atoms with van der Waals surface area (Å²) in [7, 11) is -4.06. The third-order valence-electron chi connectivity index (χ3n) is 7.59. The van der Waals surface area contributed by atoms with Crippen LogP contribution in [0.2, 0.25) is 0 Å². The maximum absolute atomic E-state index is 14.1. The van der Waals surface area contributed by atoms with E-state index in [9.17, 15) is 12.8 Å². The average molecular weight is 573 g/mol. The van der Waals surface area contributed by atoms with E-state index in [1.54, 1.807) is 0 Å². The van der Waals surface area contributed by atoms with Crippen molar-refractivity contribution < 1.29 is 48.0 Å². The molecule has 0 N–H and O–H groups in total. The zero-order valence-electron chi connectivity index (χ0n) is 27.1. The molecule has 0 aromatic rings. The molecule has 0 heterocycles. The van der Waals surface area contributed by atoms with E-state index in [1.807, 2.05) is 0 Å². The van der Waals surface area contributed by atoms with Gasteiger partial charge in [-0.1, -0.05) is 174 Å². The summed E-state index contributed by atoms with van der Waals surface area (Å²) in [6.07, 6.45) is 33.6. The van der Waals surface area contributed by atoms with Crippen molar-refractivity contribution in [1.29, 1.82) is 0 Å². The van der Waals surface area contributed by atoms with Crippen molar-refractivity contribution in [2.45, 2.75) is 199 Å². The van der Waals surface area contributed by atoms with Gasteiger partial charge in [0.05, 0.1) is 6.61 Å². The topological polar surface area (TPSA) is 43.4 Å². The summed E-state index contributed by atoms with van der Waals surface area (Å²) in [5.74, 6) is 0. The van der Waals surface area contributed by atoms with Gasteiger partial charge in [-0.25, -0.2) is 4.39 Å². The molecule has 0 radical (unpaired) electrons. The van der Waals surface area contributed by atoms with Gasteiger partial charge in [-0.3, -0.25) is 4.18 Å². The molecule has 1 atom stereocenters. The molecule has 0 aromatic heterocycles. The Kier molecular flexibility index (Phi) is 34.9. The molecule has 226 valence electrons. The molecule has 0 aromatic carbocycles. The minimum atomic E-state index is -4.06. The van der Waals surface area contributed by atoms with Gasteiger partial charge in [0, 0.05) is 0 Å². The second-order valence-electron chi connectivity index (χ2n) is 11.4. The Bertz CT molecular complexity index is 552. The first-order valence-corrected chi connectivity index (χ1v) is 18.0. The van der Waals surface area contributed by atoms with E-state index in [4.69, 9.17) is 4.18 Å². The van der Waals surface area contributed by atoms with E-state index in [2.05, 4.69) is 13.8 Å². The number of hydrogen-bond donors (Lipinski definition) is 0. The average Bonchev–Trinajstić information content (AvgIpc) is 2.88. The van der Waals surface area contributed by atoms with E-state index >= 15 is 0 Å². The quantitative estimate of drug-likeness (QED) is 0.0474. The van der Waals surface area contributed by atoms with Crippen LogP contribution in [-0.4, -0.2) is 20.5 Å². The predicted octanol–water partition coefficient (Wildman–Crippen LogP) is 8.71. The summed E-state index contributed by atoms with van der Waals surface area (Å²) in [5.41, 5.74) is -1.87. The van der Waals surface area contributed by atoms with Crippen molar-refractivity contribution in [3.05, 3.63) is 0 Å². The normalized spacial score (nSPS) is 12.5. The number of hydrogen-bond acceptors (Lipinski definition) is 3. The van der Waals surface area contributed by atoms with Crippen LogP contribution in [0.15, 0.2) is 0 Å². The van der Waals surface area contributed by atoms with Crippen LogP contribution in [-0.2, 0) is 14.3 Å². The van der Waals surface area contributed by atoms with Crippen LogP contribution in [0.25, 0.3) is 0 Å². The van der Waals surface area contributed by atoms with E-state index < -0.39 is 15.6 Å². The molecule has 0 amide bonds. The van der Waals surface area contributed by atoms with Gasteiger partial charge in [-0.2, -0.15) is 8.42 Å². The molecular weight excluding hydrogens is 506 g/mol. The van der Waals surface area contributed by atoms with Crippen LogP contribution >= 0.6 is 0 Å². The fraction of sp³-hybridized carbons (Fsp3) is 1.00. The molecule has 0 saturated heterocycles. The van der Waals surface area contributed by atoms with Crippen molar-refractivity contribution in [3.63, 3.8) is 0 Å². The van der Waals surface area contributed by atoms with Crippen LogP contribution in [0.1, 0.15) is 195 Å². The molecule has 0 fully saturated rings. The second kappa shape index (κ2) is 32.4. The molecule has 0 bridgehead atoms. The Balaban J connectivity index is -0.00000648. The minimum absolute atomic E-state index is 0. The second-order valence-corrected chi connectivity index (χ2v) is 13.1. The summed E-state index contributed by atoms with van der Waals surface area (Å²) in [5, 5.41) is 0. The first-order valence-electron chi connectivity index (χ1n) is 16.6. The van der Waals surface area contributed by atoms with Crippen LogP contribution in [0.4, 0.5) is 4.39 Å². The van der Waals surface area contributed by atoms with Gasteiger partial charge in [0.2, 0.25) is 5.50 Å². The first kappa shape index (κ1) is 41.0. The summed E-state index contributed by atoms with van der Waals surface area (Å²) >= 11 is 0. The smallest absolute Gasteiger partial charge is 1.00 e. The zero-order chi connectivity index (χ0) is 27.3. The number of rotatable bonds is 31. The molecule has 0 aliphatic carbocycles. The SMILES string of the molecule is CCCCCCCCCCCCCCCCCCCCCOS(=O)(=O)C(F)CCCCCCCCCC.[H-].[Na+]. The van der Waals surface area contributed by atoms with Gasteiger partial charge in [-0.15, -0.1) is 0 Å². The van der Waals surface area contributed by atoms with Crippen molar-refractivity contribution >= 4 is 10.1 Å². The van der Waals surface area contributed by atoms with Gasteiger partial charge in [-0.05, 0) is 19.3 Å². The standard InChI is InChI=1S/C32H65FO3S.Na.H/c1-3-5-7-9-11-13-14-15-16-17-18-19-20-21-22-23-25-27-29-31-36-37(34,35)32(33)30-28-26-24-12-10-8-6-4-2;;/h32H,3-31H2,1-2H3;;/q;+1;-1. The monoisotopic (exact) mass is 572 g/mol. The molecule has 0 aliphatic rings. The molecule has 0 spiro atoms. The molecule has 0 rings (SSSR count). The summed E-state index contributed by atoms with van der Waals surface area (Å²) < 4.78 is 43.0. The largest absolute Gasteiger partial charge is 1.00 e. The molecule has 0 aliphatic heterocycles. The van der Waals surface area contributed by atoms with E-state index in [0.717, 1.165) is 25.7 Å². The van der Waals surface area contributed by atoms with Gasteiger partial charge < -0.3 is 1.43 Å². The predicted molar refractivity (Wildman–Crippen MR) is 162 cm³/mol. The van der Waals surface area contributed by atoms with Crippen LogP contribution < -0.4 is 29.6 Å². The minimum Gasteiger partial charge on any atom is -1.00 e. The van der Waals surface area contributed by atoms with Gasteiger partial charge in [0.1, 0.15) is 0 Å². The Morgan fingerprint density at radius 2 is 0.763 bits per heavy atom. The third-order valence-corrected chi connectivity index (χ3v) is 8.95. The van der Waals surface area contributed by atoms with E-state index in [1.165, 1.54) is 135 Å². The molecule has 6 heteroatoms. The van der Waals surface area contributed by atoms with Crippen molar-refractivity contribution in [2.24, 2.45) is 0 Å². The Morgan fingerprint density at radius 1 is 0.500 bits per heavy atom. The van der Waals surface area contributed by atoms with Gasteiger partial charge in [0.15, 0.2) is 0 Å². The molecule has 1 unspecified atom stereocenters. The van der Waals surface area contributed by atoms with Crippen LogP contribution in [0, 0.1) is 0 Å². The number of alkyl halides is 1. The fourth-order valence-electron chi connectivity index (χ4n) is 5.01. The molecule has 0 saturated carbocycles. The van der Waals surface area contributed by atoms with E-state index in [-0.39, 0.29) is 44.0 Å². The molecular formula is C32H66FNaO3S. The summed E-state index contributed by atoms with van der Waals surface area (Å²) in [4.78, 5) is 0. The molecule has 38 heavy (non-hydrogen) atoms. The van der Waals surface area contributed by atoms with Crippen molar-refractivity contribution in [1.82, 2.24) is 0 Å². The Morgan fingerprint density at radius 3 is 1.08 bits per heavy atom. The summed E-state index contributed by atoms with van der Waals surface area (Å²) in [6.45, 7) is 4.60. The van der Waals surface area contributed by atoms with Crippen molar-refractivity contribution in [3.8, 4) is 0 Å². The van der Waals surface area contributed by atoms with Gasteiger partial charge in [0.25, 0.3) is 10.1 Å². The Labute approximate surface area is 262 Å². The maximum atomic E-state index is 14.1. The third kappa shape index (κ3) is 29.8.